The molecular weight excluding hydrogens is 189 g/mol. The molecule has 2 aromatic rings. The summed E-state index contributed by atoms with van der Waals surface area (Å²) in [6.07, 6.45) is 0. The second-order valence-electron chi connectivity index (χ2n) is 2.71. The van der Waals surface area contributed by atoms with Crippen molar-refractivity contribution >= 4 is 10.8 Å². The van der Waals surface area contributed by atoms with Gasteiger partial charge >= 0.3 is 18.9 Å². The third-order valence-corrected chi connectivity index (χ3v) is 1.99. The number of hydrogen-bond acceptors (Lipinski definition) is 4. The van der Waals surface area contributed by atoms with Crippen LogP contribution in [0.25, 0.3) is 10.8 Å². The molecule has 0 saturated carbocycles. The zero-order valence-electron chi connectivity index (χ0n) is 8.40. The molecule has 5 heteroatoms. The van der Waals surface area contributed by atoms with Crippen LogP contribution in [0.1, 0.15) is 5.76 Å². The smallest absolute Gasteiger partial charge is 0.539 e. The number of nitrogens with zero attached hydrogens (tertiary/aromatic N) is 1. The molecular formula is C10H6LiNO3. The minimum absolute atomic E-state index is 0. The van der Waals surface area contributed by atoms with Gasteiger partial charge in [-0.25, -0.2) is 5.26 Å². The molecule has 0 radical (unpaired) electrons. The van der Waals surface area contributed by atoms with Crippen molar-refractivity contribution in [1.82, 2.24) is 0 Å². The van der Waals surface area contributed by atoms with Crippen LogP contribution < -0.4 is 29.2 Å². The number of hydrogen-bond donors (Lipinski definition) is 0. The third kappa shape index (κ3) is 1.68. The Kier molecular flexibility index (Phi) is 3.31. The fraction of sp³-hybridized carbons (Fsp3) is 0.100. The predicted octanol–water partition coefficient (Wildman–Crippen LogP) is -1.60. The summed E-state index contributed by atoms with van der Waals surface area (Å²) >= 11 is 0. The van der Waals surface area contributed by atoms with Gasteiger partial charge in [-0.3, -0.25) is 0 Å². The van der Waals surface area contributed by atoms with Gasteiger partial charge in [-0.1, -0.05) is 23.6 Å². The molecule has 1 aromatic carbocycles. The molecule has 0 bridgehead atoms. The first-order valence-corrected chi connectivity index (χ1v) is 3.94. The molecule has 2 rings (SSSR count). The van der Waals surface area contributed by atoms with Crippen LogP contribution in [0.3, 0.4) is 0 Å². The first-order chi connectivity index (χ1) is 6.77. The van der Waals surface area contributed by atoms with E-state index in [1.165, 1.54) is 7.11 Å². The van der Waals surface area contributed by atoms with Crippen molar-refractivity contribution in [3.8, 4) is 11.8 Å². The van der Waals surface area contributed by atoms with Crippen LogP contribution in [0.15, 0.2) is 27.4 Å². The van der Waals surface area contributed by atoms with E-state index >= 15 is 0 Å². The Labute approximate surface area is 97.6 Å². The molecule has 1 heterocycles. The van der Waals surface area contributed by atoms with Crippen LogP contribution in [0.4, 0.5) is 0 Å². The average molecular weight is 195 g/mol. The molecule has 0 unspecified atom stereocenters. The molecule has 0 N–H and O–H groups in total. The number of fused-ring (bicyclic) bond motifs is 1. The first kappa shape index (κ1) is 11.5. The predicted molar refractivity (Wildman–Crippen MR) is 49.3 cm³/mol. The standard InChI is InChI=1S/C10H6NO3.Li/c1-13-7-4-2-3-6-9(7)8(5-11)14-10(6)12;/h2-4H,1H3;/q-1;+1. The van der Waals surface area contributed by atoms with Gasteiger partial charge in [0, 0.05) is 5.75 Å². The van der Waals surface area contributed by atoms with Crippen LogP contribution in [0.5, 0.6) is 5.75 Å². The zero-order chi connectivity index (χ0) is 10.1. The van der Waals surface area contributed by atoms with Gasteiger partial charge in [-0.2, -0.15) is 0 Å². The van der Waals surface area contributed by atoms with Crippen molar-refractivity contribution in [2.24, 2.45) is 0 Å². The summed E-state index contributed by atoms with van der Waals surface area (Å²) in [6, 6.07) is 6.78. The number of benzene rings is 1. The van der Waals surface area contributed by atoms with E-state index in [0.29, 0.717) is 16.5 Å². The van der Waals surface area contributed by atoms with Gasteiger partial charge in [-0.15, -0.1) is 0 Å². The van der Waals surface area contributed by atoms with Gasteiger partial charge in [-0.05, 0) is 5.39 Å². The Morgan fingerprint density at radius 1 is 1.53 bits per heavy atom. The van der Waals surface area contributed by atoms with E-state index in [-0.39, 0.29) is 24.6 Å². The molecule has 4 nitrogen and oxygen atoms in total. The molecule has 70 valence electrons. The van der Waals surface area contributed by atoms with E-state index in [1.54, 1.807) is 18.2 Å². The minimum Gasteiger partial charge on any atom is -0.539 e. The van der Waals surface area contributed by atoms with Gasteiger partial charge < -0.3 is 13.9 Å². The van der Waals surface area contributed by atoms with E-state index in [0.717, 1.165) is 0 Å². The van der Waals surface area contributed by atoms with Gasteiger partial charge in [0.25, 0.3) is 0 Å². The topological polar surface area (TPSA) is 63.2 Å². The minimum atomic E-state index is -0.504. The van der Waals surface area contributed by atoms with Crippen molar-refractivity contribution in [2.75, 3.05) is 7.11 Å². The van der Waals surface area contributed by atoms with Crippen LogP contribution in [-0.2, 0) is 0 Å². The van der Waals surface area contributed by atoms with Gasteiger partial charge in [0.15, 0.2) is 0 Å². The molecule has 0 atom stereocenters. The van der Waals surface area contributed by atoms with E-state index in [4.69, 9.17) is 14.4 Å². The van der Waals surface area contributed by atoms with Crippen LogP contribution in [0.2, 0.25) is 0 Å². The second-order valence-corrected chi connectivity index (χ2v) is 2.71. The van der Waals surface area contributed by atoms with Gasteiger partial charge in [0.05, 0.1) is 13.2 Å². The van der Waals surface area contributed by atoms with E-state index in [2.05, 4.69) is 0 Å². The number of ether oxygens (including phenoxy) is 1. The molecule has 1 aromatic heterocycles. The Morgan fingerprint density at radius 2 is 2.27 bits per heavy atom. The monoisotopic (exact) mass is 195 g/mol. The molecule has 0 aliphatic heterocycles. The maximum absolute atomic E-state index is 11.3. The molecule has 0 saturated heterocycles. The summed E-state index contributed by atoms with van der Waals surface area (Å²) in [4.78, 5) is 11.3. The summed E-state index contributed by atoms with van der Waals surface area (Å²) in [5.41, 5.74) is -0.504. The molecule has 15 heavy (non-hydrogen) atoms. The maximum Gasteiger partial charge on any atom is 1.00 e. The summed E-state index contributed by atoms with van der Waals surface area (Å²) in [5, 5.41) is 9.55. The Bertz CT molecular complexity index is 576. The van der Waals surface area contributed by atoms with Crippen LogP contribution in [-0.4, -0.2) is 7.11 Å². The van der Waals surface area contributed by atoms with E-state index in [9.17, 15) is 4.79 Å². The normalized spacial score (nSPS) is 9.33. The van der Waals surface area contributed by atoms with E-state index in [1.807, 2.05) is 6.07 Å². The largest absolute Gasteiger partial charge is 1.00 e. The Hall–Kier alpha value is -1.55. The quantitative estimate of drug-likeness (QED) is 0.406. The van der Waals surface area contributed by atoms with Gasteiger partial charge in [0.2, 0.25) is 5.63 Å². The summed E-state index contributed by atoms with van der Waals surface area (Å²) < 4.78 is 9.79. The Morgan fingerprint density at radius 3 is 2.87 bits per heavy atom. The van der Waals surface area contributed by atoms with Crippen molar-refractivity contribution in [1.29, 1.82) is 5.26 Å². The summed E-state index contributed by atoms with van der Waals surface area (Å²) in [6.45, 7) is 0. The average Bonchev–Trinajstić information content (AvgIpc) is 2.56. The molecule has 0 aliphatic carbocycles. The number of furan rings is 1. The van der Waals surface area contributed by atoms with Crippen molar-refractivity contribution in [3.05, 3.63) is 34.4 Å². The second kappa shape index (κ2) is 4.31. The summed E-state index contributed by atoms with van der Waals surface area (Å²) in [5.74, 6) is 0.479. The fourth-order valence-corrected chi connectivity index (χ4v) is 1.38. The van der Waals surface area contributed by atoms with E-state index < -0.39 is 5.63 Å². The van der Waals surface area contributed by atoms with Crippen LogP contribution >= 0.6 is 0 Å². The molecule has 0 fully saturated rings. The van der Waals surface area contributed by atoms with Crippen molar-refractivity contribution < 1.29 is 28.0 Å². The number of nitriles is 1. The van der Waals surface area contributed by atoms with Gasteiger partial charge in [0.1, 0.15) is 5.76 Å². The van der Waals surface area contributed by atoms with Crippen molar-refractivity contribution in [3.63, 3.8) is 0 Å². The molecule has 0 amide bonds. The zero-order valence-corrected chi connectivity index (χ0v) is 8.40. The molecule has 0 aliphatic rings. The number of methoxy groups -OCH3 is 1. The molecule has 0 spiro atoms. The number of rotatable bonds is 1. The third-order valence-electron chi connectivity index (χ3n) is 1.99. The Balaban J connectivity index is 0.00000112. The van der Waals surface area contributed by atoms with Crippen LogP contribution in [0, 0.1) is 11.3 Å². The fourth-order valence-electron chi connectivity index (χ4n) is 1.38. The summed E-state index contributed by atoms with van der Waals surface area (Å²) in [7, 11) is 1.48. The maximum atomic E-state index is 11.3. The SMILES string of the molecule is COc1cccc2c(=O)o[c-](C#N)c12.[Li+]. The first-order valence-electron chi connectivity index (χ1n) is 3.94. The van der Waals surface area contributed by atoms with Crippen molar-refractivity contribution in [2.45, 2.75) is 0 Å².